The summed E-state index contributed by atoms with van der Waals surface area (Å²) in [5, 5.41) is 0.739. The quantitative estimate of drug-likeness (QED) is 0.842. The summed E-state index contributed by atoms with van der Waals surface area (Å²) in [6.45, 7) is 4.45. The summed E-state index contributed by atoms with van der Waals surface area (Å²) in [6, 6.07) is 16.2. The second-order valence-electron chi connectivity index (χ2n) is 5.01. The second kappa shape index (κ2) is 6.23. The van der Waals surface area contributed by atoms with Gasteiger partial charge in [0.1, 0.15) is 0 Å². The van der Waals surface area contributed by atoms with E-state index in [1.165, 1.54) is 5.56 Å². The Hall–Kier alpha value is -1.31. The van der Waals surface area contributed by atoms with Crippen molar-refractivity contribution < 1.29 is 0 Å². The average Bonchev–Trinajstić information content (AvgIpc) is 2.46. The molecule has 0 radical (unpaired) electrons. The SMILES string of the molecule is CCC(C)c1ccc(C(N)c2ccc(Cl)cc2)cc1. The lowest BCUT2D eigenvalue weighted by atomic mass is 9.94. The summed E-state index contributed by atoms with van der Waals surface area (Å²) in [4.78, 5) is 0. The Balaban J connectivity index is 2.19. The molecule has 0 aliphatic carbocycles. The standard InChI is InChI=1S/C17H20ClN/c1-3-12(2)13-4-6-14(7-5-13)17(19)15-8-10-16(18)11-9-15/h4-12,17H,3,19H2,1-2H3. The summed E-state index contributed by atoms with van der Waals surface area (Å²) >= 11 is 5.89. The molecule has 2 atom stereocenters. The van der Waals surface area contributed by atoms with Gasteiger partial charge < -0.3 is 5.73 Å². The van der Waals surface area contributed by atoms with Crippen LogP contribution in [0.15, 0.2) is 48.5 Å². The number of benzene rings is 2. The molecule has 2 rings (SSSR count). The third-order valence-electron chi connectivity index (χ3n) is 3.71. The normalized spacial score (nSPS) is 14.1. The van der Waals surface area contributed by atoms with E-state index in [0.717, 1.165) is 22.6 Å². The van der Waals surface area contributed by atoms with Gasteiger partial charge in [0.15, 0.2) is 0 Å². The van der Waals surface area contributed by atoms with Crippen LogP contribution < -0.4 is 5.73 Å². The molecule has 0 fully saturated rings. The highest BCUT2D eigenvalue weighted by atomic mass is 35.5. The van der Waals surface area contributed by atoms with Gasteiger partial charge in [0.2, 0.25) is 0 Å². The molecule has 0 saturated heterocycles. The van der Waals surface area contributed by atoms with Crippen molar-refractivity contribution in [3.05, 3.63) is 70.2 Å². The molecule has 0 aliphatic rings. The molecule has 0 heterocycles. The van der Waals surface area contributed by atoms with Crippen molar-refractivity contribution in [3.63, 3.8) is 0 Å². The van der Waals surface area contributed by atoms with Crippen molar-refractivity contribution in [2.45, 2.75) is 32.2 Å². The summed E-state index contributed by atoms with van der Waals surface area (Å²) in [7, 11) is 0. The fraction of sp³-hybridized carbons (Fsp3) is 0.294. The molecule has 0 bridgehead atoms. The monoisotopic (exact) mass is 273 g/mol. The average molecular weight is 274 g/mol. The van der Waals surface area contributed by atoms with E-state index in [2.05, 4.69) is 38.1 Å². The number of rotatable bonds is 4. The van der Waals surface area contributed by atoms with Crippen molar-refractivity contribution >= 4 is 11.6 Å². The van der Waals surface area contributed by atoms with E-state index in [1.54, 1.807) is 0 Å². The van der Waals surface area contributed by atoms with Gasteiger partial charge in [-0.25, -0.2) is 0 Å². The third-order valence-corrected chi connectivity index (χ3v) is 3.96. The first kappa shape index (κ1) is 14.1. The largest absolute Gasteiger partial charge is 0.320 e. The predicted molar refractivity (Wildman–Crippen MR) is 82.6 cm³/mol. The van der Waals surface area contributed by atoms with E-state index < -0.39 is 0 Å². The van der Waals surface area contributed by atoms with Gasteiger partial charge in [-0.15, -0.1) is 0 Å². The maximum atomic E-state index is 6.28. The number of hydrogen-bond donors (Lipinski definition) is 1. The molecule has 2 heteroatoms. The molecule has 2 aromatic rings. The van der Waals surface area contributed by atoms with E-state index in [1.807, 2.05) is 24.3 Å². The second-order valence-corrected chi connectivity index (χ2v) is 5.44. The van der Waals surface area contributed by atoms with E-state index in [0.29, 0.717) is 5.92 Å². The minimum Gasteiger partial charge on any atom is -0.320 e. The molecule has 2 unspecified atom stereocenters. The molecule has 0 aromatic heterocycles. The van der Waals surface area contributed by atoms with Gasteiger partial charge in [0.05, 0.1) is 6.04 Å². The van der Waals surface area contributed by atoms with Crippen LogP contribution >= 0.6 is 11.6 Å². The summed E-state index contributed by atoms with van der Waals surface area (Å²) < 4.78 is 0. The Bertz CT molecular complexity index is 516. The molecule has 0 amide bonds. The van der Waals surface area contributed by atoms with Crippen LogP contribution in [0.3, 0.4) is 0 Å². The number of halogens is 1. The highest BCUT2D eigenvalue weighted by Gasteiger charge is 2.09. The Kier molecular flexibility index (Phi) is 4.62. The molecule has 2 aromatic carbocycles. The van der Waals surface area contributed by atoms with Crippen LogP contribution in [-0.2, 0) is 0 Å². The zero-order chi connectivity index (χ0) is 13.8. The Labute approximate surface area is 120 Å². The lowest BCUT2D eigenvalue weighted by Crippen LogP contribution is -2.11. The van der Waals surface area contributed by atoms with Crippen molar-refractivity contribution in [3.8, 4) is 0 Å². The molecule has 19 heavy (non-hydrogen) atoms. The smallest absolute Gasteiger partial charge is 0.0551 e. The molecular weight excluding hydrogens is 254 g/mol. The molecule has 100 valence electrons. The van der Waals surface area contributed by atoms with Crippen LogP contribution in [0.1, 0.15) is 48.9 Å². The molecule has 2 N–H and O–H groups in total. The van der Waals surface area contributed by atoms with Gasteiger partial charge in [-0.1, -0.05) is 61.8 Å². The Morgan fingerprint density at radius 2 is 1.32 bits per heavy atom. The van der Waals surface area contributed by atoms with Gasteiger partial charge in [0, 0.05) is 5.02 Å². The van der Waals surface area contributed by atoms with Crippen LogP contribution in [0.4, 0.5) is 0 Å². The fourth-order valence-electron chi connectivity index (χ4n) is 2.13. The highest BCUT2D eigenvalue weighted by Crippen LogP contribution is 2.24. The van der Waals surface area contributed by atoms with Gasteiger partial charge in [-0.05, 0) is 41.2 Å². The van der Waals surface area contributed by atoms with Crippen molar-refractivity contribution in [1.29, 1.82) is 0 Å². The third kappa shape index (κ3) is 3.37. The summed E-state index contributed by atoms with van der Waals surface area (Å²) in [5.41, 5.74) is 9.87. The van der Waals surface area contributed by atoms with Gasteiger partial charge >= 0.3 is 0 Å². The van der Waals surface area contributed by atoms with E-state index in [9.17, 15) is 0 Å². The van der Waals surface area contributed by atoms with Crippen LogP contribution in [0.2, 0.25) is 5.02 Å². The lowest BCUT2D eigenvalue weighted by molar-refractivity contribution is 0.732. The van der Waals surface area contributed by atoms with Gasteiger partial charge in [0.25, 0.3) is 0 Å². The zero-order valence-corrected chi connectivity index (χ0v) is 12.2. The first-order valence-corrected chi connectivity index (χ1v) is 7.10. The van der Waals surface area contributed by atoms with E-state index in [4.69, 9.17) is 17.3 Å². The van der Waals surface area contributed by atoms with Crippen molar-refractivity contribution in [2.75, 3.05) is 0 Å². The topological polar surface area (TPSA) is 26.0 Å². The van der Waals surface area contributed by atoms with Crippen LogP contribution in [0.25, 0.3) is 0 Å². The minimum absolute atomic E-state index is 0.0942. The first-order valence-electron chi connectivity index (χ1n) is 6.72. The fourth-order valence-corrected chi connectivity index (χ4v) is 2.26. The molecule has 0 aliphatic heterocycles. The first-order chi connectivity index (χ1) is 9.11. The summed E-state index contributed by atoms with van der Waals surface area (Å²) in [5.74, 6) is 0.598. The molecule has 0 saturated carbocycles. The number of nitrogens with two attached hydrogens (primary N) is 1. The van der Waals surface area contributed by atoms with E-state index in [-0.39, 0.29) is 6.04 Å². The van der Waals surface area contributed by atoms with Crippen molar-refractivity contribution in [2.24, 2.45) is 5.73 Å². The van der Waals surface area contributed by atoms with E-state index >= 15 is 0 Å². The Morgan fingerprint density at radius 1 is 0.895 bits per heavy atom. The maximum Gasteiger partial charge on any atom is 0.0551 e. The van der Waals surface area contributed by atoms with Crippen molar-refractivity contribution in [1.82, 2.24) is 0 Å². The lowest BCUT2D eigenvalue weighted by Gasteiger charge is -2.15. The van der Waals surface area contributed by atoms with Gasteiger partial charge in [-0.3, -0.25) is 0 Å². The van der Waals surface area contributed by atoms with Crippen LogP contribution in [-0.4, -0.2) is 0 Å². The highest BCUT2D eigenvalue weighted by molar-refractivity contribution is 6.30. The molecule has 0 spiro atoms. The molecular formula is C17H20ClN. The van der Waals surface area contributed by atoms with Crippen LogP contribution in [0.5, 0.6) is 0 Å². The van der Waals surface area contributed by atoms with Gasteiger partial charge in [-0.2, -0.15) is 0 Å². The Morgan fingerprint density at radius 3 is 1.79 bits per heavy atom. The molecule has 1 nitrogen and oxygen atoms in total. The summed E-state index contributed by atoms with van der Waals surface area (Å²) in [6.07, 6.45) is 1.16. The number of hydrogen-bond acceptors (Lipinski definition) is 1. The minimum atomic E-state index is -0.0942. The zero-order valence-electron chi connectivity index (χ0n) is 11.4. The predicted octanol–water partition coefficient (Wildman–Crippen LogP) is 4.90. The van der Waals surface area contributed by atoms with Crippen LogP contribution in [0, 0.1) is 0 Å². The maximum absolute atomic E-state index is 6.28.